The highest BCUT2D eigenvalue weighted by molar-refractivity contribution is 7.89. The van der Waals surface area contributed by atoms with E-state index in [2.05, 4.69) is 22.1 Å². The number of anilines is 2. The normalized spacial score (nSPS) is 16.1. The van der Waals surface area contributed by atoms with E-state index in [1.165, 1.54) is 0 Å². The van der Waals surface area contributed by atoms with E-state index in [-0.39, 0.29) is 12.2 Å². The number of sulfonamides is 1. The summed E-state index contributed by atoms with van der Waals surface area (Å²) in [4.78, 5) is 6.04. The summed E-state index contributed by atoms with van der Waals surface area (Å²) in [7, 11) is -4.23. The number of hydrogen-bond donors (Lipinski definition) is 2. The predicted octanol–water partition coefficient (Wildman–Crippen LogP) is 3.60. The van der Waals surface area contributed by atoms with Gasteiger partial charge in [-0.3, -0.25) is 0 Å². The molecule has 0 bridgehead atoms. The molecule has 3 N–H and O–H groups in total. The average molecular weight is 428 g/mol. The third-order valence-corrected chi connectivity index (χ3v) is 5.94. The van der Waals surface area contributed by atoms with Crippen LogP contribution < -0.4 is 15.4 Å². The van der Waals surface area contributed by atoms with Gasteiger partial charge in [-0.25, -0.2) is 18.5 Å². The van der Waals surface area contributed by atoms with Crippen molar-refractivity contribution in [2.45, 2.75) is 37.4 Å². The van der Waals surface area contributed by atoms with Crippen LogP contribution in [0, 0.1) is 5.92 Å². The van der Waals surface area contributed by atoms with Crippen LogP contribution in [0.2, 0.25) is 0 Å². The highest BCUT2D eigenvalue weighted by Gasteiger charge is 2.34. The minimum Gasteiger partial charge on any atom is -0.380 e. The van der Waals surface area contributed by atoms with E-state index in [0.717, 1.165) is 43.9 Å². The zero-order valence-corrected chi connectivity index (χ0v) is 16.7. The van der Waals surface area contributed by atoms with Crippen LogP contribution in [0.15, 0.2) is 41.4 Å². The smallest absolute Gasteiger partial charge is 0.380 e. The van der Waals surface area contributed by atoms with Crippen molar-refractivity contribution in [2.75, 3.05) is 23.3 Å². The number of alkyl halides is 3. The van der Waals surface area contributed by atoms with Crippen LogP contribution in [-0.2, 0) is 22.7 Å². The Balaban J connectivity index is 1.72. The van der Waals surface area contributed by atoms with Gasteiger partial charge in [-0.15, -0.1) is 0 Å². The Kier molecular flexibility index (Phi) is 6.04. The van der Waals surface area contributed by atoms with Crippen LogP contribution in [0.5, 0.6) is 0 Å². The summed E-state index contributed by atoms with van der Waals surface area (Å²) in [6, 6.07) is 6.34. The van der Waals surface area contributed by atoms with E-state index < -0.39 is 26.7 Å². The fourth-order valence-electron chi connectivity index (χ4n) is 3.23. The second kappa shape index (κ2) is 8.19. The zero-order valence-electron chi connectivity index (χ0n) is 15.9. The van der Waals surface area contributed by atoms with Crippen molar-refractivity contribution in [3.63, 3.8) is 0 Å². The molecular formula is C19H23F3N4O2S. The number of rotatable bonds is 5. The van der Waals surface area contributed by atoms with Crippen LogP contribution in [0.4, 0.5) is 24.7 Å². The minimum atomic E-state index is -4.73. The van der Waals surface area contributed by atoms with Crippen LogP contribution in [0.3, 0.4) is 0 Å². The van der Waals surface area contributed by atoms with Crippen molar-refractivity contribution in [3.05, 3.63) is 47.7 Å². The average Bonchev–Trinajstić information content (AvgIpc) is 2.66. The molecule has 1 aliphatic heterocycles. The van der Waals surface area contributed by atoms with Crippen molar-refractivity contribution in [1.82, 2.24) is 4.98 Å². The van der Waals surface area contributed by atoms with Gasteiger partial charge in [0.25, 0.3) is 0 Å². The molecule has 1 aromatic heterocycles. The van der Waals surface area contributed by atoms with E-state index in [4.69, 9.17) is 5.14 Å². The van der Waals surface area contributed by atoms with Crippen molar-refractivity contribution in [1.29, 1.82) is 0 Å². The molecule has 2 aromatic rings. The molecule has 1 saturated heterocycles. The lowest BCUT2D eigenvalue weighted by Crippen LogP contribution is -2.33. The molecule has 2 heterocycles. The summed E-state index contributed by atoms with van der Waals surface area (Å²) in [5, 5.41) is 7.65. The number of piperidine rings is 1. The maximum atomic E-state index is 13.3. The summed E-state index contributed by atoms with van der Waals surface area (Å²) < 4.78 is 62.7. The summed E-state index contributed by atoms with van der Waals surface area (Å²) in [5.41, 5.74) is -0.599. The minimum absolute atomic E-state index is 0.113. The van der Waals surface area contributed by atoms with Gasteiger partial charge in [0.15, 0.2) is 0 Å². The van der Waals surface area contributed by atoms with E-state index >= 15 is 0 Å². The summed E-state index contributed by atoms with van der Waals surface area (Å²) in [5.74, 6) is 1.56. The van der Waals surface area contributed by atoms with Crippen LogP contribution in [0.1, 0.15) is 30.9 Å². The van der Waals surface area contributed by atoms with Gasteiger partial charge in [-0.05, 0) is 48.6 Å². The molecule has 1 aromatic carbocycles. The van der Waals surface area contributed by atoms with E-state index in [0.29, 0.717) is 17.5 Å². The molecule has 0 aliphatic carbocycles. The Hall–Kier alpha value is -2.33. The van der Waals surface area contributed by atoms with Crippen molar-refractivity contribution in [2.24, 2.45) is 11.1 Å². The predicted molar refractivity (Wildman–Crippen MR) is 105 cm³/mol. The SMILES string of the molecule is CC1CCN(c2ccc(CNc3ccc(S(N)(=O)=O)cc3C(F)(F)F)cn2)CC1. The Morgan fingerprint density at radius 2 is 1.90 bits per heavy atom. The van der Waals surface area contributed by atoms with Gasteiger partial charge < -0.3 is 10.2 Å². The molecule has 0 spiro atoms. The highest BCUT2D eigenvalue weighted by atomic mass is 32.2. The molecule has 6 nitrogen and oxygen atoms in total. The van der Waals surface area contributed by atoms with Crippen LogP contribution >= 0.6 is 0 Å². The number of benzene rings is 1. The number of halogens is 3. The molecule has 29 heavy (non-hydrogen) atoms. The standard InChI is InChI=1S/C19H23F3N4O2S/c1-13-6-8-26(9-7-13)18-5-2-14(12-25-18)11-24-17-4-3-15(29(23,27)28)10-16(17)19(20,21)22/h2-5,10,12-13,24H,6-9,11H2,1H3,(H2,23,27,28). The summed E-state index contributed by atoms with van der Waals surface area (Å²) >= 11 is 0. The third kappa shape index (κ3) is 5.39. The van der Waals surface area contributed by atoms with Gasteiger partial charge in [0.1, 0.15) is 5.82 Å². The van der Waals surface area contributed by atoms with Gasteiger partial charge in [0.2, 0.25) is 10.0 Å². The van der Waals surface area contributed by atoms with Gasteiger partial charge in [0.05, 0.1) is 10.5 Å². The first-order valence-electron chi connectivity index (χ1n) is 9.22. The Bertz CT molecular complexity index is 954. The number of nitrogens with one attached hydrogen (secondary N) is 1. The highest BCUT2D eigenvalue weighted by Crippen LogP contribution is 2.36. The maximum Gasteiger partial charge on any atom is 0.418 e. The molecule has 0 atom stereocenters. The largest absolute Gasteiger partial charge is 0.418 e. The van der Waals surface area contributed by atoms with E-state index in [1.807, 2.05) is 12.1 Å². The Morgan fingerprint density at radius 1 is 1.21 bits per heavy atom. The third-order valence-electron chi connectivity index (χ3n) is 5.02. The number of pyridine rings is 1. The van der Waals surface area contributed by atoms with Gasteiger partial charge in [-0.1, -0.05) is 13.0 Å². The second-order valence-corrected chi connectivity index (χ2v) is 8.86. The monoisotopic (exact) mass is 428 g/mol. The molecule has 158 valence electrons. The second-order valence-electron chi connectivity index (χ2n) is 7.30. The molecule has 0 unspecified atom stereocenters. The molecule has 0 radical (unpaired) electrons. The van der Waals surface area contributed by atoms with Gasteiger partial charge >= 0.3 is 6.18 Å². The fraction of sp³-hybridized carbons (Fsp3) is 0.421. The molecule has 10 heteroatoms. The summed E-state index contributed by atoms with van der Waals surface area (Å²) in [6.45, 7) is 4.22. The maximum absolute atomic E-state index is 13.3. The van der Waals surface area contributed by atoms with E-state index in [9.17, 15) is 21.6 Å². The zero-order chi connectivity index (χ0) is 21.2. The first kappa shape index (κ1) is 21.4. The first-order chi connectivity index (χ1) is 13.5. The van der Waals surface area contributed by atoms with Crippen LogP contribution in [-0.4, -0.2) is 26.5 Å². The Labute approximate surface area is 168 Å². The van der Waals surface area contributed by atoms with E-state index in [1.54, 1.807) is 6.20 Å². The van der Waals surface area contributed by atoms with Gasteiger partial charge in [0, 0.05) is 31.5 Å². The lowest BCUT2D eigenvalue weighted by Gasteiger charge is -2.31. The molecule has 1 aliphatic rings. The molecular weight excluding hydrogens is 405 g/mol. The fourth-order valence-corrected chi connectivity index (χ4v) is 3.77. The first-order valence-corrected chi connectivity index (χ1v) is 10.8. The topological polar surface area (TPSA) is 88.3 Å². The molecule has 0 saturated carbocycles. The number of primary sulfonamides is 1. The number of nitrogens with two attached hydrogens (primary N) is 1. The Morgan fingerprint density at radius 3 is 2.45 bits per heavy atom. The molecule has 1 fully saturated rings. The number of nitrogens with zero attached hydrogens (tertiary/aromatic N) is 2. The lowest BCUT2D eigenvalue weighted by atomic mass is 9.99. The van der Waals surface area contributed by atoms with Crippen LogP contribution in [0.25, 0.3) is 0 Å². The van der Waals surface area contributed by atoms with Gasteiger partial charge in [-0.2, -0.15) is 13.2 Å². The number of aromatic nitrogens is 1. The summed E-state index contributed by atoms with van der Waals surface area (Å²) in [6.07, 6.45) is -0.873. The molecule has 3 rings (SSSR count). The molecule has 0 amide bonds. The van der Waals surface area contributed by atoms with Crippen molar-refractivity contribution < 1.29 is 21.6 Å². The lowest BCUT2D eigenvalue weighted by molar-refractivity contribution is -0.137. The quantitative estimate of drug-likeness (QED) is 0.760. The van der Waals surface area contributed by atoms with Crippen molar-refractivity contribution in [3.8, 4) is 0 Å². The number of hydrogen-bond acceptors (Lipinski definition) is 5. The van der Waals surface area contributed by atoms with Crippen molar-refractivity contribution >= 4 is 21.5 Å².